The van der Waals surface area contributed by atoms with Crippen LogP contribution in [0.15, 0.2) is 60.7 Å². The summed E-state index contributed by atoms with van der Waals surface area (Å²) in [4.78, 5) is 2.48. The van der Waals surface area contributed by atoms with Crippen LogP contribution in [0.1, 0.15) is 36.5 Å². The number of likely N-dealkylation sites (tertiary alicyclic amines) is 1. The average Bonchev–Trinajstić information content (AvgIpc) is 2.61. The van der Waals surface area contributed by atoms with Crippen LogP contribution in [0.5, 0.6) is 0 Å². The zero-order valence-corrected chi connectivity index (χ0v) is 14.3. The van der Waals surface area contributed by atoms with Crippen LogP contribution in [-0.4, -0.2) is 29.1 Å². The molecule has 0 radical (unpaired) electrons. The van der Waals surface area contributed by atoms with E-state index in [4.69, 9.17) is 0 Å². The summed E-state index contributed by atoms with van der Waals surface area (Å²) in [5.74, 6) is 0. The van der Waals surface area contributed by atoms with Crippen LogP contribution in [0, 0.1) is 0 Å². The summed E-state index contributed by atoms with van der Waals surface area (Å²) >= 11 is 0. The van der Waals surface area contributed by atoms with Crippen molar-refractivity contribution in [3.05, 3.63) is 71.8 Å². The summed E-state index contributed by atoms with van der Waals surface area (Å²) in [6.07, 6.45) is 4.27. The highest BCUT2D eigenvalue weighted by Crippen LogP contribution is 2.26. The van der Waals surface area contributed by atoms with Crippen molar-refractivity contribution in [3.8, 4) is 0 Å². The summed E-state index contributed by atoms with van der Waals surface area (Å²) in [5, 5.41) is 11.0. The third-order valence-corrected chi connectivity index (χ3v) is 4.65. The second-order valence-electron chi connectivity index (χ2n) is 6.21. The molecule has 0 bridgehead atoms. The van der Waals surface area contributed by atoms with E-state index in [1.807, 2.05) is 36.4 Å². The van der Waals surface area contributed by atoms with E-state index in [0.29, 0.717) is 0 Å². The fraction of sp³-hybridized carbons (Fsp3) is 0.400. The van der Waals surface area contributed by atoms with Crippen LogP contribution in [-0.2, 0) is 6.42 Å². The van der Waals surface area contributed by atoms with Gasteiger partial charge in [-0.1, -0.05) is 67.1 Å². The van der Waals surface area contributed by atoms with Crippen molar-refractivity contribution < 1.29 is 5.11 Å². The second kappa shape index (κ2) is 9.07. The number of rotatable bonds is 5. The first-order chi connectivity index (χ1) is 10.8. The molecule has 1 heterocycles. The fourth-order valence-electron chi connectivity index (χ4n) is 3.42. The number of hydrogen-bond donors (Lipinski definition) is 1. The molecule has 23 heavy (non-hydrogen) atoms. The molecule has 2 aromatic carbocycles. The van der Waals surface area contributed by atoms with Gasteiger partial charge in [0.1, 0.15) is 0 Å². The SMILES string of the molecule is Cl.OC(c1ccccc1)C(Cc1ccccc1)N1CCCCC1. The Morgan fingerprint density at radius 1 is 0.826 bits per heavy atom. The van der Waals surface area contributed by atoms with Gasteiger partial charge in [-0.3, -0.25) is 4.90 Å². The maximum absolute atomic E-state index is 11.0. The van der Waals surface area contributed by atoms with Gasteiger partial charge in [0.15, 0.2) is 0 Å². The van der Waals surface area contributed by atoms with Crippen molar-refractivity contribution in [2.45, 2.75) is 37.8 Å². The highest BCUT2D eigenvalue weighted by atomic mass is 35.5. The van der Waals surface area contributed by atoms with Gasteiger partial charge in [-0.25, -0.2) is 0 Å². The van der Waals surface area contributed by atoms with Crippen LogP contribution < -0.4 is 0 Å². The Balaban J connectivity index is 0.00000192. The molecule has 2 atom stereocenters. The Labute approximate surface area is 145 Å². The molecule has 0 spiro atoms. The topological polar surface area (TPSA) is 23.5 Å². The van der Waals surface area contributed by atoms with E-state index in [1.165, 1.54) is 24.8 Å². The Morgan fingerprint density at radius 3 is 2.00 bits per heavy atom. The molecule has 0 saturated carbocycles. The van der Waals surface area contributed by atoms with Gasteiger partial charge in [0.2, 0.25) is 0 Å². The zero-order chi connectivity index (χ0) is 15.2. The molecule has 124 valence electrons. The maximum Gasteiger partial charge on any atom is 0.0948 e. The molecule has 1 saturated heterocycles. The van der Waals surface area contributed by atoms with Gasteiger partial charge in [-0.2, -0.15) is 0 Å². The van der Waals surface area contributed by atoms with Crippen molar-refractivity contribution in [2.24, 2.45) is 0 Å². The Hall–Kier alpha value is -1.35. The number of nitrogens with zero attached hydrogens (tertiary/aromatic N) is 1. The van der Waals surface area contributed by atoms with E-state index >= 15 is 0 Å². The Bertz CT molecular complexity index is 554. The lowest BCUT2D eigenvalue weighted by atomic mass is 9.93. The largest absolute Gasteiger partial charge is 0.387 e. The summed E-state index contributed by atoms with van der Waals surface area (Å²) in [5.41, 5.74) is 2.32. The predicted octanol–water partition coefficient (Wildman–Crippen LogP) is 4.24. The van der Waals surface area contributed by atoms with Crippen LogP contribution in [0.25, 0.3) is 0 Å². The number of halogens is 1. The molecule has 1 N–H and O–H groups in total. The van der Waals surface area contributed by atoms with Gasteiger partial charge in [-0.05, 0) is 43.5 Å². The number of piperidine rings is 1. The highest BCUT2D eigenvalue weighted by Gasteiger charge is 2.28. The summed E-state index contributed by atoms with van der Waals surface area (Å²) in [7, 11) is 0. The molecule has 3 rings (SSSR count). The van der Waals surface area contributed by atoms with Crippen LogP contribution in [0.3, 0.4) is 0 Å². The van der Waals surface area contributed by atoms with E-state index < -0.39 is 6.10 Å². The van der Waals surface area contributed by atoms with Gasteiger partial charge in [-0.15, -0.1) is 12.4 Å². The molecule has 0 amide bonds. The molecular formula is C20H26ClNO. The maximum atomic E-state index is 11.0. The molecule has 2 unspecified atom stereocenters. The third kappa shape index (κ3) is 4.81. The minimum Gasteiger partial charge on any atom is -0.387 e. The van der Waals surface area contributed by atoms with Gasteiger partial charge in [0.25, 0.3) is 0 Å². The van der Waals surface area contributed by atoms with E-state index in [2.05, 4.69) is 29.2 Å². The summed E-state index contributed by atoms with van der Waals surface area (Å²) in [6, 6.07) is 20.8. The van der Waals surface area contributed by atoms with Crippen molar-refractivity contribution in [1.29, 1.82) is 0 Å². The van der Waals surface area contributed by atoms with E-state index in [9.17, 15) is 5.11 Å². The lowest BCUT2D eigenvalue weighted by molar-refractivity contribution is 0.0373. The molecule has 2 nitrogen and oxygen atoms in total. The first-order valence-corrected chi connectivity index (χ1v) is 8.35. The van der Waals surface area contributed by atoms with Gasteiger partial charge in [0.05, 0.1) is 6.10 Å². The summed E-state index contributed by atoms with van der Waals surface area (Å²) < 4.78 is 0. The fourth-order valence-corrected chi connectivity index (χ4v) is 3.42. The van der Waals surface area contributed by atoms with E-state index in [1.54, 1.807) is 0 Å². The minimum absolute atomic E-state index is 0. The van der Waals surface area contributed by atoms with Crippen LogP contribution in [0.4, 0.5) is 0 Å². The molecule has 3 heteroatoms. The third-order valence-electron chi connectivity index (χ3n) is 4.65. The molecule has 2 aromatic rings. The summed E-state index contributed by atoms with van der Waals surface area (Å²) in [6.45, 7) is 2.20. The molecule has 0 aliphatic carbocycles. The Kier molecular flexibility index (Phi) is 7.10. The van der Waals surface area contributed by atoms with Crippen molar-refractivity contribution in [3.63, 3.8) is 0 Å². The first kappa shape index (κ1) is 18.0. The standard InChI is InChI=1S/C20H25NO.ClH/c22-20(18-12-6-2-7-13-18)19(21-14-8-3-9-15-21)16-17-10-4-1-5-11-17;/h1-2,4-7,10-13,19-20,22H,3,8-9,14-16H2;1H. The zero-order valence-electron chi connectivity index (χ0n) is 13.5. The number of aliphatic hydroxyl groups is 1. The normalized spacial score (nSPS) is 18.0. The van der Waals surface area contributed by atoms with Gasteiger partial charge >= 0.3 is 0 Å². The molecule has 0 aromatic heterocycles. The van der Waals surface area contributed by atoms with Crippen molar-refractivity contribution in [1.82, 2.24) is 4.90 Å². The first-order valence-electron chi connectivity index (χ1n) is 8.35. The molecular weight excluding hydrogens is 306 g/mol. The minimum atomic E-state index is -0.431. The molecule has 1 aliphatic rings. The molecule has 1 fully saturated rings. The monoisotopic (exact) mass is 331 g/mol. The quantitative estimate of drug-likeness (QED) is 0.885. The predicted molar refractivity (Wildman–Crippen MR) is 98.0 cm³/mol. The van der Waals surface area contributed by atoms with Crippen LogP contribution >= 0.6 is 12.4 Å². The highest BCUT2D eigenvalue weighted by molar-refractivity contribution is 5.85. The van der Waals surface area contributed by atoms with Gasteiger partial charge < -0.3 is 5.11 Å². The average molecular weight is 332 g/mol. The molecule has 1 aliphatic heterocycles. The lowest BCUT2D eigenvalue weighted by Gasteiger charge is -2.37. The van der Waals surface area contributed by atoms with Crippen molar-refractivity contribution >= 4 is 12.4 Å². The Morgan fingerprint density at radius 2 is 1.39 bits per heavy atom. The van der Waals surface area contributed by atoms with E-state index in [0.717, 1.165) is 25.1 Å². The smallest absolute Gasteiger partial charge is 0.0948 e. The van der Waals surface area contributed by atoms with Crippen LogP contribution in [0.2, 0.25) is 0 Å². The number of hydrogen-bond acceptors (Lipinski definition) is 2. The number of benzene rings is 2. The van der Waals surface area contributed by atoms with E-state index in [-0.39, 0.29) is 18.4 Å². The van der Waals surface area contributed by atoms with Gasteiger partial charge in [0, 0.05) is 6.04 Å². The second-order valence-corrected chi connectivity index (χ2v) is 6.21. The van der Waals surface area contributed by atoms with Crippen molar-refractivity contribution in [2.75, 3.05) is 13.1 Å². The lowest BCUT2D eigenvalue weighted by Crippen LogP contribution is -2.44. The number of aliphatic hydroxyl groups excluding tert-OH is 1.